The van der Waals surface area contributed by atoms with Crippen LogP contribution in [0.5, 0.6) is 0 Å². The van der Waals surface area contributed by atoms with Crippen LogP contribution in [0.15, 0.2) is 36.7 Å². The van der Waals surface area contributed by atoms with Crippen LogP contribution in [0.25, 0.3) is 5.69 Å². The van der Waals surface area contributed by atoms with Crippen molar-refractivity contribution in [1.29, 1.82) is 0 Å². The highest BCUT2D eigenvalue weighted by Crippen LogP contribution is 2.36. The fourth-order valence-electron chi connectivity index (χ4n) is 2.05. The molecule has 0 saturated heterocycles. The fourth-order valence-corrected chi connectivity index (χ4v) is 2.05. The Morgan fingerprint density at radius 2 is 1.88 bits per heavy atom. The first-order chi connectivity index (χ1) is 8.27. The minimum atomic E-state index is 0.102. The Bertz CT molecular complexity index is 500. The molecule has 1 aliphatic carbocycles. The first kappa shape index (κ1) is 10.5. The van der Waals surface area contributed by atoms with Crippen molar-refractivity contribution in [1.82, 2.24) is 15.0 Å². The SMILES string of the molecule is NC1(CCc2ccccc2-n2nccn2)CC1. The predicted molar refractivity (Wildman–Crippen MR) is 65.8 cm³/mol. The molecule has 1 aliphatic rings. The summed E-state index contributed by atoms with van der Waals surface area (Å²) in [5.74, 6) is 0. The van der Waals surface area contributed by atoms with Gasteiger partial charge in [-0.3, -0.25) is 0 Å². The Kier molecular flexibility index (Phi) is 2.44. The summed E-state index contributed by atoms with van der Waals surface area (Å²) in [6.45, 7) is 0. The summed E-state index contributed by atoms with van der Waals surface area (Å²) in [4.78, 5) is 1.67. The van der Waals surface area contributed by atoms with E-state index in [4.69, 9.17) is 5.73 Å². The summed E-state index contributed by atoms with van der Waals surface area (Å²) < 4.78 is 0. The smallest absolute Gasteiger partial charge is 0.0888 e. The highest BCUT2D eigenvalue weighted by molar-refractivity contribution is 5.39. The molecule has 0 aliphatic heterocycles. The van der Waals surface area contributed by atoms with Crippen molar-refractivity contribution in [2.24, 2.45) is 5.73 Å². The second-order valence-electron chi connectivity index (χ2n) is 4.81. The maximum atomic E-state index is 6.13. The summed E-state index contributed by atoms with van der Waals surface area (Å²) in [7, 11) is 0. The van der Waals surface area contributed by atoms with E-state index in [2.05, 4.69) is 22.3 Å². The van der Waals surface area contributed by atoms with Crippen LogP contribution in [0, 0.1) is 0 Å². The van der Waals surface area contributed by atoms with E-state index in [1.54, 1.807) is 17.2 Å². The number of benzene rings is 1. The van der Waals surface area contributed by atoms with E-state index >= 15 is 0 Å². The van der Waals surface area contributed by atoms with Gasteiger partial charge in [-0.15, -0.1) is 0 Å². The molecule has 0 unspecified atom stereocenters. The highest BCUT2D eigenvalue weighted by Gasteiger charge is 2.37. The van der Waals surface area contributed by atoms with Crippen LogP contribution in [-0.2, 0) is 6.42 Å². The zero-order valence-corrected chi connectivity index (χ0v) is 9.71. The maximum Gasteiger partial charge on any atom is 0.0888 e. The largest absolute Gasteiger partial charge is 0.325 e. The standard InChI is InChI=1S/C13H16N4/c14-13(7-8-13)6-5-11-3-1-2-4-12(11)17-15-9-10-16-17/h1-4,9-10H,5-8,14H2. The average molecular weight is 228 g/mol. The molecular formula is C13H16N4. The molecule has 88 valence electrons. The van der Waals surface area contributed by atoms with Gasteiger partial charge in [0.05, 0.1) is 18.1 Å². The van der Waals surface area contributed by atoms with Gasteiger partial charge in [0.1, 0.15) is 0 Å². The van der Waals surface area contributed by atoms with Crippen LogP contribution in [-0.4, -0.2) is 20.5 Å². The van der Waals surface area contributed by atoms with E-state index in [1.807, 2.05) is 12.1 Å². The average Bonchev–Trinajstić information content (AvgIpc) is 2.88. The van der Waals surface area contributed by atoms with Gasteiger partial charge in [-0.05, 0) is 37.3 Å². The van der Waals surface area contributed by atoms with Gasteiger partial charge in [-0.2, -0.15) is 15.0 Å². The van der Waals surface area contributed by atoms with E-state index in [0.717, 1.165) is 31.4 Å². The van der Waals surface area contributed by atoms with E-state index in [1.165, 1.54) is 5.56 Å². The normalized spacial score (nSPS) is 17.0. The van der Waals surface area contributed by atoms with Gasteiger partial charge in [0.2, 0.25) is 0 Å². The zero-order valence-electron chi connectivity index (χ0n) is 9.71. The quantitative estimate of drug-likeness (QED) is 0.866. The van der Waals surface area contributed by atoms with Gasteiger partial charge in [-0.25, -0.2) is 0 Å². The van der Waals surface area contributed by atoms with Gasteiger partial charge < -0.3 is 5.73 Å². The third-order valence-corrected chi connectivity index (χ3v) is 3.41. The highest BCUT2D eigenvalue weighted by atomic mass is 15.5. The van der Waals surface area contributed by atoms with Gasteiger partial charge in [0.25, 0.3) is 0 Å². The Hall–Kier alpha value is -1.68. The van der Waals surface area contributed by atoms with Crippen LogP contribution in [0.4, 0.5) is 0 Å². The summed E-state index contributed by atoms with van der Waals surface area (Å²) in [6, 6.07) is 8.24. The molecule has 17 heavy (non-hydrogen) atoms. The molecule has 0 spiro atoms. The maximum absolute atomic E-state index is 6.13. The number of nitrogens with zero attached hydrogens (tertiary/aromatic N) is 3. The van der Waals surface area contributed by atoms with Crippen molar-refractivity contribution in [2.75, 3.05) is 0 Å². The summed E-state index contributed by atoms with van der Waals surface area (Å²) in [5, 5.41) is 8.36. The molecule has 3 rings (SSSR count). The topological polar surface area (TPSA) is 56.7 Å². The number of aromatic nitrogens is 3. The van der Waals surface area contributed by atoms with Gasteiger partial charge in [0.15, 0.2) is 0 Å². The molecule has 1 saturated carbocycles. The number of aryl methyl sites for hydroxylation is 1. The molecule has 1 aromatic carbocycles. The fraction of sp³-hybridized carbons (Fsp3) is 0.385. The summed E-state index contributed by atoms with van der Waals surface area (Å²) >= 11 is 0. The van der Waals surface area contributed by atoms with Crippen LogP contribution in [0.1, 0.15) is 24.8 Å². The van der Waals surface area contributed by atoms with Gasteiger partial charge in [-0.1, -0.05) is 18.2 Å². The first-order valence-electron chi connectivity index (χ1n) is 6.00. The molecule has 0 bridgehead atoms. The Morgan fingerprint density at radius 3 is 2.59 bits per heavy atom. The third kappa shape index (κ3) is 2.22. The lowest BCUT2D eigenvalue weighted by atomic mass is 10.0. The lowest BCUT2D eigenvalue weighted by Gasteiger charge is -2.11. The van der Waals surface area contributed by atoms with Crippen LogP contribution < -0.4 is 5.73 Å². The van der Waals surface area contributed by atoms with Crippen molar-refractivity contribution >= 4 is 0 Å². The summed E-state index contributed by atoms with van der Waals surface area (Å²) in [6.07, 6.45) is 7.76. The molecule has 1 heterocycles. The van der Waals surface area contributed by atoms with Crippen molar-refractivity contribution in [2.45, 2.75) is 31.2 Å². The number of hydrogen-bond acceptors (Lipinski definition) is 3. The Labute approximate surface area is 100 Å². The number of para-hydroxylation sites is 1. The molecule has 0 radical (unpaired) electrons. The Morgan fingerprint density at radius 1 is 1.18 bits per heavy atom. The minimum Gasteiger partial charge on any atom is -0.325 e. The van der Waals surface area contributed by atoms with Crippen LogP contribution >= 0.6 is 0 Å². The lowest BCUT2D eigenvalue weighted by Crippen LogP contribution is -2.22. The molecular weight excluding hydrogens is 212 g/mol. The monoisotopic (exact) mass is 228 g/mol. The van der Waals surface area contributed by atoms with E-state index in [0.29, 0.717) is 0 Å². The molecule has 2 N–H and O–H groups in total. The van der Waals surface area contributed by atoms with Crippen LogP contribution in [0.2, 0.25) is 0 Å². The van der Waals surface area contributed by atoms with Crippen molar-refractivity contribution in [3.63, 3.8) is 0 Å². The molecule has 2 aromatic rings. The predicted octanol–water partition coefficient (Wildman–Crippen LogP) is 1.69. The Balaban J connectivity index is 1.83. The minimum absolute atomic E-state index is 0.102. The van der Waals surface area contributed by atoms with Gasteiger partial charge in [0, 0.05) is 5.54 Å². The molecule has 0 atom stereocenters. The van der Waals surface area contributed by atoms with Crippen molar-refractivity contribution < 1.29 is 0 Å². The summed E-state index contributed by atoms with van der Waals surface area (Å²) in [5.41, 5.74) is 8.55. The van der Waals surface area contributed by atoms with E-state index < -0.39 is 0 Å². The lowest BCUT2D eigenvalue weighted by molar-refractivity contribution is 0.605. The number of nitrogens with two attached hydrogens (primary N) is 1. The molecule has 4 heteroatoms. The number of hydrogen-bond donors (Lipinski definition) is 1. The second-order valence-corrected chi connectivity index (χ2v) is 4.81. The molecule has 4 nitrogen and oxygen atoms in total. The third-order valence-electron chi connectivity index (χ3n) is 3.41. The second kappa shape index (κ2) is 3.96. The zero-order chi connectivity index (χ0) is 11.7. The molecule has 1 fully saturated rings. The van der Waals surface area contributed by atoms with Crippen LogP contribution in [0.3, 0.4) is 0 Å². The van der Waals surface area contributed by atoms with Gasteiger partial charge >= 0.3 is 0 Å². The van der Waals surface area contributed by atoms with Crippen molar-refractivity contribution in [3.8, 4) is 5.69 Å². The number of rotatable bonds is 4. The van der Waals surface area contributed by atoms with Crippen molar-refractivity contribution in [3.05, 3.63) is 42.2 Å². The molecule has 1 aromatic heterocycles. The van der Waals surface area contributed by atoms with E-state index in [9.17, 15) is 0 Å². The molecule has 0 amide bonds. The first-order valence-corrected chi connectivity index (χ1v) is 6.00. The van der Waals surface area contributed by atoms with E-state index in [-0.39, 0.29) is 5.54 Å².